The van der Waals surface area contributed by atoms with Gasteiger partial charge in [-0.25, -0.2) is 9.82 Å². The van der Waals surface area contributed by atoms with E-state index in [1.54, 1.807) is 6.07 Å². The second-order valence-electron chi connectivity index (χ2n) is 4.12. The lowest BCUT2D eigenvalue weighted by Gasteiger charge is -2.04. The van der Waals surface area contributed by atoms with E-state index in [4.69, 9.17) is 5.11 Å². The van der Waals surface area contributed by atoms with Crippen molar-refractivity contribution in [3.63, 3.8) is 0 Å². The van der Waals surface area contributed by atoms with Crippen molar-refractivity contribution in [3.8, 4) is 17.2 Å². The maximum absolute atomic E-state index is 12.9. The normalized spacial score (nSPS) is 10.7. The maximum atomic E-state index is 12.9. The number of nitrogens with zero attached hydrogens (tertiary/aromatic N) is 1. The van der Waals surface area contributed by atoms with E-state index in [-0.39, 0.29) is 5.56 Å². The predicted molar refractivity (Wildman–Crippen MR) is 72.9 cm³/mol. The van der Waals surface area contributed by atoms with Gasteiger partial charge in [-0.15, -0.1) is 0 Å². The van der Waals surface area contributed by atoms with E-state index in [0.29, 0.717) is 5.56 Å². The molecular weight excluding hydrogens is 279 g/mol. The number of nitrogens with one attached hydrogen (secondary N) is 1. The molecule has 0 aromatic heterocycles. The lowest BCUT2D eigenvalue weighted by atomic mass is 10.2. The molecule has 2 rings (SSSR count). The Balaban J connectivity index is 2.08. The SMILES string of the molecule is O=C(NN=Cc1cccc(F)c1)c1cc(O)c(O)c(O)c1. The fourth-order valence-corrected chi connectivity index (χ4v) is 1.55. The van der Waals surface area contributed by atoms with Gasteiger partial charge in [0.05, 0.1) is 6.21 Å². The Bertz CT molecular complexity index is 693. The highest BCUT2D eigenvalue weighted by molar-refractivity contribution is 5.96. The summed E-state index contributed by atoms with van der Waals surface area (Å²) >= 11 is 0. The smallest absolute Gasteiger partial charge is 0.271 e. The second-order valence-corrected chi connectivity index (χ2v) is 4.12. The number of rotatable bonds is 3. The zero-order chi connectivity index (χ0) is 15.4. The Morgan fingerprint density at radius 1 is 1.14 bits per heavy atom. The minimum absolute atomic E-state index is 0.0980. The summed E-state index contributed by atoms with van der Waals surface area (Å²) < 4.78 is 12.9. The van der Waals surface area contributed by atoms with Crippen LogP contribution in [0.3, 0.4) is 0 Å². The van der Waals surface area contributed by atoms with Gasteiger partial charge in [-0.3, -0.25) is 4.79 Å². The monoisotopic (exact) mass is 290 g/mol. The van der Waals surface area contributed by atoms with E-state index >= 15 is 0 Å². The average Bonchev–Trinajstić information content (AvgIpc) is 2.44. The van der Waals surface area contributed by atoms with Crippen molar-refractivity contribution in [2.24, 2.45) is 5.10 Å². The van der Waals surface area contributed by atoms with Crippen molar-refractivity contribution < 1.29 is 24.5 Å². The number of carbonyl (C=O) groups excluding carboxylic acids is 1. The van der Waals surface area contributed by atoms with Gasteiger partial charge in [0.25, 0.3) is 5.91 Å². The standard InChI is InChI=1S/C14H11FN2O4/c15-10-3-1-2-8(4-10)7-16-17-14(21)9-5-11(18)13(20)12(19)6-9/h1-7,18-20H,(H,17,21). The lowest BCUT2D eigenvalue weighted by Crippen LogP contribution is -2.17. The molecule has 0 bridgehead atoms. The molecule has 0 aliphatic carbocycles. The van der Waals surface area contributed by atoms with Gasteiger partial charge in [0, 0.05) is 5.56 Å². The Morgan fingerprint density at radius 3 is 2.43 bits per heavy atom. The number of hydrogen-bond acceptors (Lipinski definition) is 5. The fourth-order valence-electron chi connectivity index (χ4n) is 1.55. The number of phenols is 3. The van der Waals surface area contributed by atoms with E-state index in [1.807, 2.05) is 0 Å². The van der Waals surface area contributed by atoms with Crippen molar-refractivity contribution in [2.45, 2.75) is 0 Å². The van der Waals surface area contributed by atoms with E-state index in [1.165, 1.54) is 24.4 Å². The third-order valence-electron chi connectivity index (χ3n) is 2.56. The molecule has 2 aromatic rings. The lowest BCUT2D eigenvalue weighted by molar-refractivity contribution is 0.0954. The van der Waals surface area contributed by atoms with Gasteiger partial charge < -0.3 is 15.3 Å². The van der Waals surface area contributed by atoms with Gasteiger partial charge in [-0.05, 0) is 29.8 Å². The molecule has 108 valence electrons. The van der Waals surface area contributed by atoms with E-state index < -0.39 is 29.0 Å². The molecular formula is C14H11FN2O4. The summed E-state index contributed by atoms with van der Waals surface area (Å²) in [6, 6.07) is 7.54. The molecule has 7 heteroatoms. The van der Waals surface area contributed by atoms with Crippen LogP contribution in [-0.4, -0.2) is 27.4 Å². The topological polar surface area (TPSA) is 102 Å². The van der Waals surface area contributed by atoms with E-state index in [0.717, 1.165) is 12.1 Å². The van der Waals surface area contributed by atoms with Crippen LogP contribution in [0.15, 0.2) is 41.5 Å². The quantitative estimate of drug-likeness (QED) is 0.392. The third kappa shape index (κ3) is 3.47. The molecule has 6 nitrogen and oxygen atoms in total. The number of amides is 1. The van der Waals surface area contributed by atoms with Crippen LogP contribution in [0.5, 0.6) is 17.2 Å². The number of hydrogen-bond donors (Lipinski definition) is 4. The number of carbonyl (C=O) groups is 1. The first kappa shape index (κ1) is 14.3. The summed E-state index contributed by atoms with van der Waals surface area (Å²) in [7, 11) is 0. The average molecular weight is 290 g/mol. The number of hydrazone groups is 1. The molecule has 0 aliphatic heterocycles. The molecule has 21 heavy (non-hydrogen) atoms. The predicted octanol–water partition coefficient (Wildman–Crippen LogP) is 1.71. The van der Waals surface area contributed by atoms with Crippen molar-refractivity contribution in [2.75, 3.05) is 0 Å². The molecule has 0 radical (unpaired) electrons. The summed E-state index contributed by atoms with van der Waals surface area (Å²) in [5.41, 5.74) is 2.50. The van der Waals surface area contributed by atoms with Crippen molar-refractivity contribution in [1.29, 1.82) is 0 Å². The van der Waals surface area contributed by atoms with Crippen LogP contribution < -0.4 is 5.43 Å². The van der Waals surface area contributed by atoms with Crippen LogP contribution in [0, 0.1) is 5.82 Å². The Labute approximate surface area is 118 Å². The molecule has 0 fully saturated rings. The van der Waals surface area contributed by atoms with E-state index in [2.05, 4.69) is 10.5 Å². The summed E-state index contributed by atoms with van der Waals surface area (Å²) in [5, 5.41) is 31.4. The molecule has 0 saturated carbocycles. The molecule has 4 N–H and O–H groups in total. The molecule has 2 aromatic carbocycles. The number of aromatic hydroxyl groups is 3. The van der Waals surface area contributed by atoms with Crippen molar-refractivity contribution in [1.82, 2.24) is 5.43 Å². The van der Waals surface area contributed by atoms with Gasteiger partial charge in [-0.1, -0.05) is 12.1 Å². The zero-order valence-electron chi connectivity index (χ0n) is 10.6. The highest BCUT2D eigenvalue weighted by Crippen LogP contribution is 2.35. The van der Waals surface area contributed by atoms with Crippen molar-refractivity contribution in [3.05, 3.63) is 53.3 Å². The summed E-state index contributed by atoms with van der Waals surface area (Å²) in [6.07, 6.45) is 1.24. The molecule has 1 amide bonds. The first-order chi connectivity index (χ1) is 9.97. The highest BCUT2D eigenvalue weighted by atomic mass is 19.1. The Kier molecular flexibility index (Phi) is 4.03. The van der Waals surface area contributed by atoms with Gasteiger partial charge >= 0.3 is 0 Å². The Morgan fingerprint density at radius 2 is 1.81 bits per heavy atom. The molecule has 0 unspecified atom stereocenters. The zero-order valence-corrected chi connectivity index (χ0v) is 10.6. The maximum Gasteiger partial charge on any atom is 0.271 e. The Hall–Kier alpha value is -3.09. The first-order valence-electron chi connectivity index (χ1n) is 5.81. The van der Waals surface area contributed by atoms with Crippen LogP contribution in [0.2, 0.25) is 0 Å². The summed E-state index contributed by atoms with van der Waals surface area (Å²) in [5.74, 6) is -3.12. The van der Waals surface area contributed by atoms with Gasteiger partial charge in [-0.2, -0.15) is 5.10 Å². The molecule has 0 spiro atoms. The minimum Gasteiger partial charge on any atom is -0.504 e. The van der Waals surface area contributed by atoms with Gasteiger partial charge in [0.15, 0.2) is 17.2 Å². The highest BCUT2D eigenvalue weighted by Gasteiger charge is 2.12. The first-order valence-corrected chi connectivity index (χ1v) is 5.81. The molecule has 0 saturated heterocycles. The summed E-state index contributed by atoms with van der Waals surface area (Å²) in [4.78, 5) is 11.7. The number of benzene rings is 2. The fraction of sp³-hybridized carbons (Fsp3) is 0. The van der Waals surface area contributed by atoms with Crippen molar-refractivity contribution >= 4 is 12.1 Å². The van der Waals surface area contributed by atoms with Crippen LogP contribution in [0.4, 0.5) is 4.39 Å². The summed E-state index contributed by atoms with van der Waals surface area (Å²) in [6.45, 7) is 0. The molecule has 0 heterocycles. The van der Waals surface area contributed by atoms with Crippen LogP contribution in [-0.2, 0) is 0 Å². The number of halogens is 1. The van der Waals surface area contributed by atoms with E-state index in [9.17, 15) is 19.4 Å². The second kappa shape index (κ2) is 5.91. The van der Waals surface area contributed by atoms with Crippen LogP contribution in [0.1, 0.15) is 15.9 Å². The van der Waals surface area contributed by atoms with Crippen LogP contribution >= 0.6 is 0 Å². The third-order valence-corrected chi connectivity index (χ3v) is 2.56. The largest absolute Gasteiger partial charge is 0.504 e. The number of phenolic OH excluding ortho intramolecular Hbond substituents is 3. The van der Waals surface area contributed by atoms with Gasteiger partial charge in [0.2, 0.25) is 0 Å². The van der Waals surface area contributed by atoms with Crippen LogP contribution in [0.25, 0.3) is 0 Å². The van der Waals surface area contributed by atoms with Gasteiger partial charge in [0.1, 0.15) is 5.82 Å². The molecule has 0 atom stereocenters. The minimum atomic E-state index is -0.715. The molecule has 0 aliphatic rings.